The predicted molar refractivity (Wildman–Crippen MR) is 121 cm³/mol. The number of allylic oxidation sites excluding steroid dienone is 6. The van der Waals surface area contributed by atoms with Crippen molar-refractivity contribution in [3.05, 3.63) is 89.3 Å². The van der Waals surface area contributed by atoms with Crippen LogP contribution in [0.4, 0.5) is 0 Å². The van der Waals surface area contributed by atoms with Gasteiger partial charge in [0.05, 0.1) is 12.3 Å². The Morgan fingerprint density at radius 3 is 3.03 bits per heavy atom. The Kier molecular flexibility index (Phi) is 4.29. The predicted octanol–water partition coefficient (Wildman–Crippen LogP) is 5.60. The Bertz CT molecular complexity index is 1150. The number of rotatable bonds is 4. The van der Waals surface area contributed by atoms with Crippen LogP contribution in [0.15, 0.2) is 88.8 Å². The zero-order valence-corrected chi connectivity index (χ0v) is 16.9. The van der Waals surface area contributed by atoms with Crippen LogP contribution in [-0.4, -0.2) is 22.4 Å². The van der Waals surface area contributed by atoms with E-state index in [0.717, 1.165) is 23.2 Å². The first-order chi connectivity index (χ1) is 14.1. The molecular weight excluding hydrogens is 356 g/mol. The largest absolute Gasteiger partial charge is 0.395 e. The van der Waals surface area contributed by atoms with Gasteiger partial charge in [-0.2, -0.15) is 0 Å². The second kappa shape index (κ2) is 6.85. The van der Waals surface area contributed by atoms with Crippen LogP contribution in [-0.2, 0) is 0 Å². The molecule has 3 nitrogen and oxygen atoms in total. The zero-order chi connectivity index (χ0) is 20.0. The number of nitrogens with zero attached hydrogens (tertiary/aromatic N) is 1. The molecule has 146 valence electrons. The van der Waals surface area contributed by atoms with Gasteiger partial charge in [-0.1, -0.05) is 35.9 Å². The molecule has 0 bridgehead atoms. The number of hydrogen-bond donors (Lipinski definition) is 2. The summed E-state index contributed by atoms with van der Waals surface area (Å²) in [7, 11) is 0. The first-order valence-electron chi connectivity index (χ1n) is 10.3. The van der Waals surface area contributed by atoms with E-state index in [1.165, 1.54) is 22.1 Å². The fraction of sp³-hybridized carbons (Fsp3) is 0.269. The number of nitrogens with one attached hydrogen (secondary N) is 1. The number of aromatic nitrogens is 1. The first-order valence-corrected chi connectivity index (χ1v) is 10.3. The summed E-state index contributed by atoms with van der Waals surface area (Å²) in [5.41, 5.74) is 6.78. The van der Waals surface area contributed by atoms with E-state index >= 15 is 0 Å². The van der Waals surface area contributed by atoms with Gasteiger partial charge >= 0.3 is 0 Å². The SMILES string of the molecule is CC(C)=C[C@H]1C[C@@](/C=C/c2ccc3[nH]ccc3c2)(CO)C2=CC3=NC=CC3=CC21. The number of aliphatic imine (C=N–C) groups is 1. The van der Waals surface area contributed by atoms with Crippen molar-refractivity contribution in [1.82, 2.24) is 4.98 Å². The summed E-state index contributed by atoms with van der Waals surface area (Å²) in [4.78, 5) is 7.76. The number of aliphatic hydroxyl groups is 1. The van der Waals surface area contributed by atoms with Crippen molar-refractivity contribution in [2.75, 3.05) is 6.61 Å². The maximum absolute atomic E-state index is 10.6. The minimum atomic E-state index is -0.360. The molecule has 1 saturated carbocycles. The van der Waals surface area contributed by atoms with E-state index in [4.69, 9.17) is 0 Å². The van der Waals surface area contributed by atoms with Crippen LogP contribution in [0.5, 0.6) is 0 Å². The van der Waals surface area contributed by atoms with Crippen molar-refractivity contribution in [2.24, 2.45) is 22.2 Å². The Labute approximate surface area is 171 Å². The Balaban J connectivity index is 1.56. The second-order valence-corrected chi connectivity index (χ2v) is 8.66. The molecule has 1 unspecified atom stereocenters. The van der Waals surface area contributed by atoms with Crippen LogP contribution in [0.25, 0.3) is 17.0 Å². The summed E-state index contributed by atoms with van der Waals surface area (Å²) in [6.45, 7) is 4.42. The molecule has 1 fully saturated rings. The second-order valence-electron chi connectivity index (χ2n) is 8.66. The van der Waals surface area contributed by atoms with Crippen LogP contribution >= 0.6 is 0 Å². The smallest absolute Gasteiger partial charge is 0.0699 e. The van der Waals surface area contributed by atoms with Gasteiger partial charge in [-0.05, 0) is 78.6 Å². The van der Waals surface area contributed by atoms with Crippen molar-refractivity contribution >= 4 is 22.7 Å². The van der Waals surface area contributed by atoms with Gasteiger partial charge in [0.15, 0.2) is 0 Å². The molecule has 2 aliphatic carbocycles. The lowest BCUT2D eigenvalue weighted by Crippen LogP contribution is -2.24. The minimum Gasteiger partial charge on any atom is -0.395 e. The Morgan fingerprint density at radius 1 is 1.31 bits per heavy atom. The Hall–Kier alpha value is -2.91. The molecule has 1 aliphatic heterocycles. The number of aliphatic hydroxyl groups excluding tert-OH is 1. The molecule has 0 amide bonds. The molecule has 3 aliphatic rings. The minimum absolute atomic E-state index is 0.106. The average Bonchev–Trinajstić information content (AvgIpc) is 3.42. The van der Waals surface area contributed by atoms with E-state index in [2.05, 4.69) is 84.5 Å². The van der Waals surface area contributed by atoms with Gasteiger partial charge in [-0.25, -0.2) is 0 Å². The highest BCUT2D eigenvalue weighted by molar-refractivity contribution is 6.13. The molecule has 5 rings (SSSR count). The molecule has 0 radical (unpaired) electrons. The molecule has 1 aromatic carbocycles. The Morgan fingerprint density at radius 2 is 2.21 bits per heavy atom. The van der Waals surface area contributed by atoms with Crippen molar-refractivity contribution in [2.45, 2.75) is 20.3 Å². The molecule has 0 saturated heterocycles. The quantitative estimate of drug-likeness (QED) is 0.665. The fourth-order valence-electron chi connectivity index (χ4n) is 5.04. The van der Waals surface area contributed by atoms with Crippen LogP contribution in [0.3, 0.4) is 0 Å². The van der Waals surface area contributed by atoms with E-state index in [1.807, 2.05) is 12.4 Å². The maximum atomic E-state index is 10.6. The summed E-state index contributed by atoms with van der Waals surface area (Å²) in [6.07, 6.45) is 18.2. The van der Waals surface area contributed by atoms with Crippen molar-refractivity contribution < 1.29 is 5.11 Å². The highest BCUT2D eigenvalue weighted by Crippen LogP contribution is 2.54. The summed E-state index contributed by atoms with van der Waals surface area (Å²) in [6, 6.07) is 8.51. The summed E-state index contributed by atoms with van der Waals surface area (Å²) in [5.74, 6) is 0.698. The van der Waals surface area contributed by atoms with E-state index < -0.39 is 0 Å². The van der Waals surface area contributed by atoms with Gasteiger partial charge in [-0.3, -0.25) is 4.99 Å². The fourth-order valence-corrected chi connectivity index (χ4v) is 5.04. The zero-order valence-electron chi connectivity index (χ0n) is 16.9. The third-order valence-corrected chi connectivity index (χ3v) is 6.41. The average molecular weight is 383 g/mol. The highest BCUT2D eigenvalue weighted by Gasteiger charge is 2.47. The number of fused-ring (bicyclic) bond motifs is 3. The maximum Gasteiger partial charge on any atom is 0.0699 e. The highest BCUT2D eigenvalue weighted by atomic mass is 16.3. The number of benzene rings is 1. The van der Waals surface area contributed by atoms with E-state index in [-0.39, 0.29) is 12.0 Å². The van der Waals surface area contributed by atoms with E-state index in [9.17, 15) is 5.11 Å². The van der Waals surface area contributed by atoms with Gasteiger partial charge < -0.3 is 10.1 Å². The molecule has 3 atom stereocenters. The monoisotopic (exact) mass is 382 g/mol. The van der Waals surface area contributed by atoms with Crippen LogP contribution in [0, 0.1) is 17.3 Å². The number of hydrogen-bond acceptors (Lipinski definition) is 2. The molecule has 1 aromatic heterocycles. The lowest BCUT2D eigenvalue weighted by Gasteiger charge is -2.28. The molecule has 29 heavy (non-hydrogen) atoms. The topological polar surface area (TPSA) is 48.4 Å². The van der Waals surface area contributed by atoms with Crippen LogP contribution in [0.2, 0.25) is 0 Å². The van der Waals surface area contributed by atoms with E-state index in [1.54, 1.807) is 0 Å². The third-order valence-electron chi connectivity index (χ3n) is 6.41. The van der Waals surface area contributed by atoms with Crippen LogP contribution < -0.4 is 0 Å². The molecule has 2 aromatic rings. The molecule has 2 heterocycles. The lowest BCUT2D eigenvalue weighted by molar-refractivity contribution is 0.198. The molecule has 2 N–H and O–H groups in total. The summed E-state index contributed by atoms with van der Waals surface area (Å²) < 4.78 is 0. The molecular formula is C26H26N2O. The van der Waals surface area contributed by atoms with Crippen molar-refractivity contribution in [3.8, 4) is 0 Å². The number of H-pyrrole nitrogens is 1. The van der Waals surface area contributed by atoms with Gasteiger partial charge in [-0.15, -0.1) is 0 Å². The summed E-state index contributed by atoms with van der Waals surface area (Å²) >= 11 is 0. The van der Waals surface area contributed by atoms with Crippen molar-refractivity contribution in [1.29, 1.82) is 0 Å². The van der Waals surface area contributed by atoms with Gasteiger partial charge in [0.1, 0.15) is 0 Å². The van der Waals surface area contributed by atoms with Crippen molar-refractivity contribution in [3.63, 3.8) is 0 Å². The standard InChI is InChI=1S/C26H26N2O/c1-17(2)11-21-15-26(16-29,23-14-25-20(7-10-28-25)13-22(21)23)8-5-18-3-4-24-19(12-18)6-9-27-24/h3-14,21-22,27,29H,15-16H2,1-2H3/b8-5+/t21-,22?,26-/m0/s1. The molecule has 3 heteroatoms. The van der Waals surface area contributed by atoms with Gasteiger partial charge in [0.2, 0.25) is 0 Å². The number of aromatic amines is 1. The summed E-state index contributed by atoms with van der Waals surface area (Å²) in [5, 5.41) is 11.8. The van der Waals surface area contributed by atoms with E-state index in [0.29, 0.717) is 11.8 Å². The lowest BCUT2D eigenvalue weighted by atomic mass is 9.77. The molecule has 0 spiro atoms. The van der Waals surface area contributed by atoms with Gasteiger partial charge in [0.25, 0.3) is 0 Å². The van der Waals surface area contributed by atoms with Gasteiger partial charge in [0, 0.05) is 29.2 Å². The van der Waals surface area contributed by atoms with Crippen LogP contribution in [0.1, 0.15) is 25.8 Å². The first kappa shape index (κ1) is 18.1. The normalized spacial score (nSPS) is 27.6. The third kappa shape index (κ3) is 3.06.